The Labute approximate surface area is 101 Å². The largest absolute Gasteiger partial charge is 0.378 e. The number of amides is 2. The predicted molar refractivity (Wildman–Crippen MR) is 62.4 cm³/mol. The van der Waals surface area contributed by atoms with Crippen LogP contribution in [0.1, 0.15) is 32.6 Å². The van der Waals surface area contributed by atoms with E-state index in [9.17, 15) is 9.59 Å². The lowest BCUT2D eigenvalue weighted by Gasteiger charge is -2.31. The fraction of sp³-hybridized carbons (Fsp3) is 0.833. The van der Waals surface area contributed by atoms with Crippen LogP contribution >= 0.6 is 0 Å². The van der Waals surface area contributed by atoms with Crippen molar-refractivity contribution in [1.29, 1.82) is 0 Å². The maximum Gasteiger partial charge on any atom is 0.246 e. The summed E-state index contributed by atoms with van der Waals surface area (Å²) < 4.78 is 5.50. The number of hydrogen-bond donors (Lipinski definition) is 1. The van der Waals surface area contributed by atoms with E-state index >= 15 is 0 Å². The molecule has 0 spiro atoms. The Hall–Kier alpha value is -0.940. The molecule has 0 aromatic rings. The normalized spacial score (nSPS) is 30.1. The lowest BCUT2D eigenvalue weighted by molar-refractivity contribution is -0.149. The quantitative estimate of drug-likeness (QED) is 0.718. The molecule has 0 saturated carbocycles. The smallest absolute Gasteiger partial charge is 0.246 e. The summed E-state index contributed by atoms with van der Waals surface area (Å²) in [5.74, 6) is -0.195. The number of piperazine rings is 1. The van der Waals surface area contributed by atoms with E-state index < -0.39 is 0 Å². The van der Waals surface area contributed by atoms with Crippen LogP contribution in [0.2, 0.25) is 0 Å². The van der Waals surface area contributed by atoms with Crippen LogP contribution in [0, 0.1) is 0 Å². The molecule has 2 atom stereocenters. The van der Waals surface area contributed by atoms with Crippen molar-refractivity contribution in [1.82, 2.24) is 10.2 Å². The molecular weight excluding hydrogens is 220 g/mol. The highest BCUT2D eigenvalue weighted by atomic mass is 16.5. The van der Waals surface area contributed by atoms with Gasteiger partial charge in [0.1, 0.15) is 0 Å². The molecule has 96 valence electrons. The molecule has 0 bridgehead atoms. The first-order chi connectivity index (χ1) is 8.22. The molecule has 2 aliphatic heterocycles. The van der Waals surface area contributed by atoms with Crippen molar-refractivity contribution >= 4 is 11.8 Å². The number of carbonyl (C=O) groups is 2. The molecule has 2 heterocycles. The van der Waals surface area contributed by atoms with Gasteiger partial charge in [0.05, 0.1) is 18.7 Å². The molecule has 0 aromatic carbocycles. The van der Waals surface area contributed by atoms with Gasteiger partial charge in [-0.25, -0.2) is 0 Å². The molecule has 1 N–H and O–H groups in total. The summed E-state index contributed by atoms with van der Waals surface area (Å²) in [7, 11) is 0. The highest BCUT2D eigenvalue weighted by molar-refractivity contribution is 6.01. The molecule has 2 aliphatic rings. The third kappa shape index (κ3) is 2.84. The average molecular weight is 240 g/mol. The van der Waals surface area contributed by atoms with Gasteiger partial charge in [-0.3, -0.25) is 19.8 Å². The Bertz CT molecular complexity index is 300. The second kappa shape index (κ2) is 5.60. The summed E-state index contributed by atoms with van der Waals surface area (Å²) in [6.07, 6.45) is 3.86. The van der Waals surface area contributed by atoms with E-state index in [4.69, 9.17) is 4.74 Å². The number of imide groups is 1. The minimum absolute atomic E-state index is 0.0817. The highest BCUT2D eigenvalue weighted by Gasteiger charge is 2.33. The monoisotopic (exact) mass is 240 g/mol. The van der Waals surface area contributed by atoms with Crippen molar-refractivity contribution in [3.05, 3.63) is 0 Å². The van der Waals surface area contributed by atoms with Gasteiger partial charge in [-0.15, -0.1) is 0 Å². The molecule has 2 amide bonds. The van der Waals surface area contributed by atoms with Crippen molar-refractivity contribution in [3.63, 3.8) is 0 Å². The van der Waals surface area contributed by atoms with E-state index in [1.807, 2.05) is 6.92 Å². The van der Waals surface area contributed by atoms with E-state index in [1.54, 1.807) is 0 Å². The number of carbonyl (C=O) groups excluding carboxylic acids is 2. The average Bonchev–Trinajstić information content (AvgIpc) is 2.82. The molecule has 2 rings (SSSR count). The Morgan fingerprint density at radius 1 is 1.47 bits per heavy atom. The molecule has 0 radical (unpaired) electrons. The topological polar surface area (TPSA) is 58.6 Å². The lowest BCUT2D eigenvalue weighted by Crippen LogP contribution is -2.58. The zero-order valence-electron chi connectivity index (χ0n) is 10.3. The predicted octanol–water partition coefficient (Wildman–Crippen LogP) is 0.292. The Balaban J connectivity index is 1.87. The standard InChI is InChI=1S/C12H20N2O3/c1-2-10-12(16)14(11(15)8-13-10)6-5-9-4-3-7-17-9/h9-10,13H,2-8H2,1H3. The third-order valence-electron chi connectivity index (χ3n) is 3.47. The van der Waals surface area contributed by atoms with E-state index in [0.29, 0.717) is 6.54 Å². The van der Waals surface area contributed by atoms with Crippen LogP contribution in [-0.2, 0) is 14.3 Å². The summed E-state index contributed by atoms with van der Waals surface area (Å²) in [5, 5.41) is 2.95. The van der Waals surface area contributed by atoms with Gasteiger partial charge in [0, 0.05) is 13.2 Å². The zero-order chi connectivity index (χ0) is 12.3. The zero-order valence-corrected chi connectivity index (χ0v) is 10.3. The molecule has 2 unspecified atom stereocenters. The van der Waals surface area contributed by atoms with Crippen LogP contribution in [0.5, 0.6) is 0 Å². The first kappa shape index (κ1) is 12.5. The highest BCUT2D eigenvalue weighted by Crippen LogP contribution is 2.16. The van der Waals surface area contributed by atoms with Gasteiger partial charge in [-0.1, -0.05) is 6.92 Å². The second-order valence-electron chi connectivity index (χ2n) is 4.65. The van der Waals surface area contributed by atoms with Crippen LogP contribution in [0.15, 0.2) is 0 Å². The Kier molecular flexibility index (Phi) is 4.12. The Morgan fingerprint density at radius 2 is 2.29 bits per heavy atom. The summed E-state index contributed by atoms with van der Waals surface area (Å²) in [6, 6.07) is -0.197. The van der Waals surface area contributed by atoms with E-state index in [1.165, 1.54) is 4.90 Å². The molecule has 2 fully saturated rings. The first-order valence-electron chi connectivity index (χ1n) is 6.41. The van der Waals surface area contributed by atoms with Crippen LogP contribution in [0.4, 0.5) is 0 Å². The van der Waals surface area contributed by atoms with Gasteiger partial charge in [-0.2, -0.15) is 0 Å². The minimum atomic E-state index is -0.197. The van der Waals surface area contributed by atoms with Crippen molar-refractivity contribution in [3.8, 4) is 0 Å². The number of nitrogens with zero attached hydrogens (tertiary/aromatic N) is 1. The molecule has 0 aliphatic carbocycles. The van der Waals surface area contributed by atoms with E-state index in [-0.39, 0.29) is 30.5 Å². The van der Waals surface area contributed by atoms with Crippen LogP contribution in [0.3, 0.4) is 0 Å². The Morgan fingerprint density at radius 3 is 2.94 bits per heavy atom. The van der Waals surface area contributed by atoms with Crippen molar-refractivity contribution < 1.29 is 14.3 Å². The van der Waals surface area contributed by atoms with Gasteiger partial charge in [-0.05, 0) is 25.7 Å². The van der Waals surface area contributed by atoms with Crippen molar-refractivity contribution in [2.45, 2.75) is 44.8 Å². The fourth-order valence-corrected chi connectivity index (χ4v) is 2.40. The van der Waals surface area contributed by atoms with Gasteiger partial charge in [0.2, 0.25) is 11.8 Å². The molecular formula is C12H20N2O3. The summed E-state index contributed by atoms with van der Waals surface area (Å²) in [6.45, 7) is 3.53. The van der Waals surface area contributed by atoms with Crippen molar-refractivity contribution in [2.75, 3.05) is 19.7 Å². The van der Waals surface area contributed by atoms with Crippen LogP contribution < -0.4 is 5.32 Å². The fourth-order valence-electron chi connectivity index (χ4n) is 2.40. The number of ether oxygens (including phenoxy) is 1. The molecule has 5 heteroatoms. The second-order valence-corrected chi connectivity index (χ2v) is 4.65. The van der Waals surface area contributed by atoms with Crippen LogP contribution in [-0.4, -0.2) is 48.6 Å². The van der Waals surface area contributed by atoms with E-state index in [0.717, 1.165) is 32.3 Å². The minimum Gasteiger partial charge on any atom is -0.378 e. The molecule has 2 saturated heterocycles. The lowest BCUT2D eigenvalue weighted by atomic mass is 10.1. The molecule has 0 aromatic heterocycles. The summed E-state index contributed by atoms with van der Waals surface area (Å²) in [5.41, 5.74) is 0. The van der Waals surface area contributed by atoms with Gasteiger partial charge in [0.25, 0.3) is 0 Å². The van der Waals surface area contributed by atoms with Gasteiger partial charge < -0.3 is 4.74 Å². The van der Waals surface area contributed by atoms with Crippen molar-refractivity contribution in [2.24, 2.45) is 0 Å². The molecule has 5 nitrogen and oxygen atoms in total. The van der Waals surface area contributed by atoms with E-state index in [2.05, 4.69) is 5.32 Å². The summed E-state index contributed by atoms with van der Waals surface area (Å²) >= 11 is 0. The SMILES string of the molecule is CCC1NCC(=O)N(CCC2CCCO2)C1=O. The molecule has 17 heavy (non-hydrogen) atoms. The first-order valence-corrected chi connectivity index (χ1v) is 6.41. The van der Waals surface area contributed by atoms with Crippen LogP contribution in [0.25, 0.3) is 0 Å². The van der Waals surface area contributed by atoms with Gasteiger partial charge >= 0.3 is 0 Å². The van der Waals surface area contributed by atoms with Gasteiger partial charge in [0.15, 0.2) is 0 Å². The maximum atomic E-state index is 12.0. The number of hydrogen-bond acceptors (Lipinski definition) is 4. The summed E-state index contributed by atoms with van der Waals surface area (Å²) in [4.78, 5) is 25.0. The number of nitrogens with one attached hydrogen (secondary N) is 1. The maximum absolute atomic E-state index is 12.0. The third-order valence-corrected chi connectivity index (χ3v) is 3.47. The number of rotatable bonds is 4.